The average Bonchev–Trinajstić information content (AvgIpc) is 2.77. The van der Waals surface area contributed by atoms with Crippen LogP contribution in [0.4, 0.5) is 17.6 Å². The molecule has 1 atom stereocenters. The highest BCUT2D eigenvalue weighted by Crippen LogP contribution is 2.56. The molecule has 1 fully saturated rings. The molecule has 0 N–H and O–H groups in total. The molecule has 198 valence electrons. The number of hydrogen-bond acceptors (Lipinski definition) is 4. The van der Waals surface area contributed by atoms with Crippen molar-refractivity contribution in [2.24, 2.45) is 0 Å². The molecule has 36 heavy (non-hydrogen) atoms. The van der Waals surface area contributed by atoms with Crippen LogP contribution in [0.2, 0.25) is 0 Å². The van der Waals surface area contributed by atoms with Crippen molar-refractivity contribution in [1.29, 1.82) is 0 Å². The molecule has 9 heteroatoms. The number of rotatable bonds is 10. The monoisotopic (exact) mass is 527 g/mol. The molecule has 1 aliphatic carbocycles. The maximum Gasteiger partial charge on any atom is 0.401 e. The zero-order valence-electron chi connectivity index (χ0n) is 20.5. The third-order valence-electron chi connectivity index (χ3n) is 7.40. The van der Waals surface area contributed by atoms with Crippen molar-refractivity contribution < 1.29 is 30.7 Å². The Kier molecular flexibility index (Phi) is 8.00. The molecule has 0 aromatic heterocycles. The number of ether oxygens (including phenoxy) is 1. The van der Waals surface area contributed by atoms with Crippen LogP contribution < -0.4 is 4.74 Å². The quantitative estimate of drug-likeness (QED) is 0.281. The smallest absolute Gasteiger partial charge is 0.401 e. The van der Waals surface area contributed by atoms with E-state index in [1.54, 1.807) is 18.2 Å². The molecular formula is C27H33F4NO3S. The van der Waals surface area contributed by atoms with Gasteiger partial charge >= 0.3 is 6.18 Å². The lowest BCUT2D eigenvalue weighted by atomic mass is 9.57. The van der Waals surface area contributed by atoms with Gasteiger partial charge in [0.2, 0.25) is 0 Å². The molecule has 4 nitrogen and oxygen atoms in total. The number of halogens is 4. The third kappa shape index (κ3) is 6.05. The van der Waals surface area contributed by atoms with Crippen LogP contribution in [-0.4, -0.2) is 50.7 Å². The zero-order valence-corrected chi connectivity index (χ0v) is 21.3. The molecule has 0 bridgehead atoms. The van der Waals surface area contributed by atoms with Gasteiger partial charge in [0, 0.05) is 23.8 Å². The summed E-state index contributed by atoms with van der Waals surface area (Å²) in [6.07, 6.45) is -0.596. The molecule has 0 saturated heterocycles. The Morgan fingerprint density at radius 1 is 1.08 bits per heavy atom. The Morgan fingerprint density at radius 2 is 1.81 bits per heavy atom. The van der Waals surface area contributed by atoms with Crippen LogP contribution in [0.1, 0.15) is 61.8 Å². The highest BCUT2D eigenvalue weighted by atomic mass is 32.2. The van der Waals surface area contributed by atoms with Gasteiger partial charge in [-0.3, -0.25) is 4.90 Å². The Bertz CT molecular complexity index is 1140. The number of alkyl halides is 3. The van der Waals surface area contributed by atoms with Crippen molar-refractivity contribution in [2.45, 2.75) is 63.1 Å². The van der Waals surface area contributed by atoms with E-state index in [0.717, 1.165) is 36.0 Å². The molecule has 2 aromatic rings. The fourth-order valence-corrected chi connectivity index (χ4v) is 7.11. The number of nitrogens with zero attached hydrogens (tertiary/aromatic N) is 1. The van der Waals surface area contributed by atoms with Crippen molar-refractivity contribution in [3.05, 3.63) is 65.0 Å². The molecule has 1 unspecified atom stereocenters. The van der Waals surface area contributed by atoms with Gasteiger partial charge in [-0.1, -0.05) is 31.5 Å². The SMILES string of the molecule is CCCS(=O)(=O)CCCOc1ccc2c(c1)C(C1(c3ccc(F)cc3)CCC1)N(CC(F)(F)F)CC2. The van der Waals surface area contributed by atoms with Gasteiger partial charge in [0.15, 0.2) is 0 Å². The Balaban J connectivity index is 1.63. The summed E-state index contributed by atoms with van der Waals surface area (Å²) in [6, 6.07) is 11.2. The maximum atomic E-state index is 13.7. The van der Waals surface area contributed by atoms with E-state index in [1.807, 2.05) is 19.1 Å². The number of hydrogen-bond donors (Lipinski definition) is 0. The summed E-state index contributed by atoms with van der Waals surface area (Å²) in [4.78, 5) is 1.52. The van der Waals surface area contributed by atoms with E-state index in [9.17, 15) is 26.0 Å². The van der Waals surface area contributed by atoms with Gasteiger partial charge in [-0.25, -0.2) is 12.8 Å². The van der Waals surface area contributed by atoms with E-state index < -0.39 is 34.0 Å². The minimum absolute atomic E-state index is 0.0431. The van der Waals surface area contributed by atoms with Gasteiger partial charge < -0.3 is 4.74 Å². The maximum absolute atomic E-state index is 13.7. The predicted molar refractivity (Wildman–Crippen MR) is 132 cm³/mol. The summed E-state index contributed by atoms with van der Waals surface area (Å²) >= 11 is 0. The molecule has 1 saturated carbocycles. The van der Waals surface area contributed by atoms with Crippen molar-refractivity contribution >= 4 is 9.84 Å². The second kappa shape index (κ2) is 10.7. The number of fused-ring (bicyclic) bond motifs is 1. The average molecular weight is 528 g/mol. The highest BCUT2D eigenvalue weighted by Gasteiger charge is 2.51. The summed E-state index contributed by atoms with van der Waals surface area (Å²) < 4.78 is 84.3. The van der Waals surface area contributed by atoms with Crippen LogP contribution in [0.15, 0.2) is 42.5 Å². The number of benzene rings is 2. The molecule has 4 rings (SSSR count). The van der Waals surface area contributed by atoms with Crippen LogP contribution in [0.25, 0.3) is 0 Å². The van der Waals surface area contributed by atoms with Crippen molar-refractivity contribution in [2.75, 3.05) is 31.2 Å². The van der Waals surface area contributed by atoms with Crippen molar-refractivity contribution in [3.63, 3.8) is 0 Å². The first-order valence-electron chi connectivity index (χ1n) is 12.6. The van der Waals surface area contributed by atoms with Crippen LogP contribution in [0.3, 0.4) is 0 Å². The predicted octanol–water partition coefficient (Wildman–Crippen LogP) is 6.00. The van der Waals surface area contributed by atoms with E-state index in [2.05, 4.69) is 0 Å². The summed E-state index contributed by atoms with van der Waals surface area (Å²) in [6.45, 7) is 1.30. The third-order valence-corrected chi connectivity index (χ3v) is 9.34. The highest BCUT2D eigenvalue weighted by molar-refractivity contribution is 7.91. The topological polar surface area (TPSA) is 46.6 Å². The second-order valence-corrected chi connectivity index (χ2v) is 12.3. The van der Waals surface area contributed by atoms with Crippen LogP contribution in [0, 0.1) is 5.82 Å². The minimum atomic E-state index is -4.35. The minimum Gasteiger partial charge on any atom is -0.494 e. The Hall–Kier alpha value is -2.13. The Labute approximate surface area is 210 Å². The molecule has 0 radical (unpaired) electrons. The summed E-state index contributed by atoms with van der Waals surface area (Å²) in [5, 5.41) is 0. The standard InChI is InChI=1S/C27H33F4NO3S/c1-2-16-36(33,34)17-4-15-35-23-10-5-20-11-14-32(19-27(29,30)31)25(24(20)18-23)26(12-3-13-26)21-6-8-22(28)9-7-21/h5-10,18,25H,2-4,11-17,19H2,1H3. The molecule has 2 aromatic carbocycles. The van der Waals surface area contributed by atoms with E-state index in [1.165, 1.54) is 17.0 Å². The molecular weight excluding hydrogens is 494 g/mol. The number of sulfone groups is 1. The first-order chi connectivity index (χ1) is 17.0. The van der Waals surface area contributed by atoms with Gasteiger partial charge in [-0.05, 0) is 73.1 Å². The van der Waals surface area contributed by atoms with Gasteiger partial charge in [-0.15, -0.1) is 0 Å². The summed E-state index contributed by atoms with van der Waals surface area (Å²) in [5.41, 5.74) is 2.11. The van der Waals surface area contributed by atoms with Crippen molar-refractivity contribution in [1.82, 2.24) is 4.90 Å². The van der Waals surface area contributed by atoms with Crippen molar-refractivity contribution in [3.8, 4) is 5.75 Å². The fraction of sp³-hybridized carbons (Fsp3) is 0.556. The lowest BCUT2D eigenvalue weighted by molar-refractivity contribution is -0.158. The Morgan fingerprint density at radius 3 is 2.42 bits per heavy atom. The van der Waals surface area contributed by atoms with Gasteiger partial charge in [0.05, 0.1) is 18.9 Å². The molecule has 0 spiro atoms. The van der Waals surface area contributed by atoms with E-state index in [-0.39, 0.29) is 30.5 Å². The molecule has 1 heterocycles. The zero-order chi connectivity index (χ0) is 26.0. The summed E-state index contributed by atoms with van der Waals surface area (Å²) in [5.74, 6) is 0.338. The van der Waals surface area contributed by atoms with E-state index in [0.29, 0.717) is 25.0 Å². The van der Waals surface area contributed by atoms with Gasteiger partial charge in [0.1, 0.15) is 21.4 Å². The lowest BCUT2D eigenvalue weighted by Crippen LogP contribution is -2.53. The van der Waals surface area contributed by atoms with Crippen LogP contribution >= 0.6 is 0 Å². The summed E-state index contributed by atoms with van der Waals surface area (Å²) in [7, 11) is -3.10. The first kappa shape index (κ1) is 26.9. The van der Waals surface area contributed by atoms with Gasteiger partial charge in [-0.2, -0.15) is 13.2 Å². The molecule has 2 aliphatic rings. The van der Waals surface area contributed by atoms with E-state index in [4.69, 9.17) is 4.74 Å². The lowest BCUT2D eigenvalue weighted by Gasteiger charge is -2.54. The second-order valence-electron chi connectivity index (χ2n) is 9.97. The van der Waals surface area contributed by atoms with Crippen LogP contribution in [-0.2, 0) is 21.7 Å². The first-order valence-corrected chi connectivity index (χ1v) is 14.4. The van der Waals surface area contributed by atoms with E-state index >= 15 is 0 Å². The molecule has 1 aliphatic heterocycles. The van der Waals surface area contributed by atoms with Gasteiger partial charge in [0.25, 0.3) is 0 Å². The normalized spacial score (nSPS) is 20.0. The largest absolute Gasteiger partial charge is 0.494 e. The van der Waals surface area contributed by atoms with Crippen LogP contribution in [0.5, 0.6) is 5.75 Å². The fourth-order valence-electron chi connectivity index (χ4n) is 5.72. The molecule has 0 amide bonds.